The maximum atomic E-state index is 3.91. The van der Waals surface area contributed by atoms with Gasteiger partial charge in [-0.05, 0) is 0 Å². The second-order valence-electron chi connectivity index (χ2n) is 3.04. The van der Waals surface area contributed by atoms with Crippen molar-refractivity contribution < 1.29 is 0 Å². The van der Waals surface area contributed by atoms with Gasteiger partial charge in [0.05, 0.1) is 0 Å². The Kier molecular flexibility index (Phi) is 5.66. The van der Waals surface area contributed by atoms with E-state index in [1.807, 2.05) is 18.2 Å². The number of hydrogen-bond donors (Lipinski definition) is 0. The summed E-state index contributed by atoms with van der Waals surface area (Å²) in [7, 11) is -1.36. The van der Waals surface area contributed by atoms with Crippen molar-refractivity contribution in [1.82, 2.24) is 0 Å². The second-order valence-corrected chi connectivity index (χ2v) is 7.40. The van der Waals surface area contributed by atoms with E-state index in [2.05, 4.69) is 32.1 Å². The summed E-state index contributed by atoms with van der Waals surface area (Å²) >= 11 is 0. The van der Waals surface area contributed by atoms with Gasteiger partial charge in [-0.25, -0.2) is 0 Å². The van der Waals surface area contributed by atoms with E-state index in [1.54, 1.807) is 0 Å². The molecule has 0 bridgehead atoms. The Morgan fingerprint density at radius 3 is 1.25 bits per heavy atom. The molecule has 0 heterocycles. The maximum absolute atomic E-state index is 3.91. The molecule has 0 spiro atoms. The van der Waals surface area contributed by atoms with Crippen molar-refractivity contribution in [3.05, 3.63) is 50.4 Å². The normalized spacial score (nSPS) is 11.7. The molecule has 12 heavy (non-hydrogen) atoms. The van der Waals surface area contributed by atoms with Crippen molar-refractivity contribution in [3.63, 3.8) is 0 Å². The van der Waals surface area contributed by atoms with Crippen molar-refractivity contribution in [2.45, 2.75) is 0 Å². The van der Waals surface area contributed by atoms with Crippen LogP contribution in [0.1, 0.15) is 0 Å². The van der Waals surface area contributed by atoms with Crippen molar-refractivity contribution in [2.75, 3.05) is 18.5 Å². The van der Waals surface area contributed by atoms with Crippen LogP contribution in [-0.4, -0.2) is 18.5 Å². The molecule has 1 heteroatoms. The van der Waals surface area contributed by atoms with Gasteiger partial charge in [0.2, 0.25) is 0 Å². The van der Waals surface area contributed by atoms with Crippen LogP contribution in [0.2, 0.25) is 0 Å². The Hall–Kier alpha value is -0.610. The molecule has 0 aromatic heterocycles. The van der Waals surface area contributed by atoms with Gasteiger partial charge in [0.25, 0.3) is 0 Å². The summed E-state index contributed by atoms with van der Waals surface area (Å²) in [6.07, 6.45) is 9.19. The first-order valence-corrected chi connectivity index (χ1v) is 6.91. The Labute approximate surface area is 76.7 Å². The molecule has 0 N–H and O–H groups in total. The molecule has 0 amide bonds. The molecular formula is C11H19P. The Morgan fingerprint density at radius 2 is 1.08 bits per heavy atom. The van der Waals surface area contributed by atoms with Gasteiger partial charge in [-0.1, -0.05) is 0 Å². The van der Waals surface area contributed by atoms with Gasteiger partial charge in [0.15, 0.2) is 0 Å². The summed E-state index contributed by atoms with van der Waals surface area (Å²) in [5, 5.41) is 0. The van der Waals surface area contributed by atoms with Gasteiger partial charge in [0, 0.05) is 0 Å². The summed E-state index contributed by atoms with van der Waals surface area (Å²) in [5.41, 5.74) is 0. The van der Waals surface area contributed by atoms with Crippen LogP contribution in [0.25, 0.3) is 0 Å². The molecular weight excluding hydrogens is 163 g/mol. The van der Waals surface area contributed by atoms with E-state index < -0.39 is 7.26 Å². The van der Waals surface area contributed by atoms with Crippen LogP contribution in [-0.2, 0) is 0 Å². The third-order valence-electron chi connectivity index (χ3n) is 2.09. The molecule has 0 fully saturated rings. The zero-order valence-corrected chi connectivity index (χ0v) is 8.76. The van der Waals surface area contributed by atoms with E-state index in [1.165, 1.54) is 0 Å². The molecule has 0 aliphatic heterocycles. The molecule has 0 rings (SSSR count). The fourth-order valence-corrected chi connectivity index (χ4v) is 4.09. The van der Waals surface area contributed by atoms with Crippen molar-refractivity contribution in [3.8, 4) is 0 Å². The summed E-state index contributed by atoms with van der Waals surface area (Å²) < 4.78 is 0. The summed E-state index contributed by atoms with van der Waals surface area (Å²) in [6, 6.07) is 0. The van der Waals surface area contributed by atoms with E-state index in [4.69, 9.17) is 0 Å². The third-order valence-corrected chi connectivity index (χ3v) is 6.26. The number of allylic oxidation sites excluding steroid dienone is 3. The predicted octanol–water partition coefficient (Wildman–Crippen LogP) is 3.44. The molecule has 0 aromatic rings. The summed E-state index contributed by atoms with van der Waals surface area (Å²) in [5.74, 6) is 2.12. The van der Waals surface area contributed by atoms with E-state index in [-0.39, 0.29) is 0 Å². The zero-order chi connectivity index (χ0) is 9.45. The SMILES string of the molecule is C=CC[PH](C=C)(CC=C)CC=C. The van der Waals surface area contributed by atoms with Crippen LogP contribution in [0, 0.1) is 0 Å². The topological polar surface area (TPSA) is 0 Å². The average molecular weight is 182 g/mol. The average Bonchev–Trinajstić information content (AvgIpc) is 2.06. The first-order valence-electron chi connectivity index (χ1n) is 4.21. The standard InChI is InChI=1S/C11H19P/c1-5-9-12(8-4,10-6-2)11-7-3/h5-8,12H,1-4,9-11H2. The molecule has 0 aliphatic rings. The van der Waals surface area contributed by atoms with Crippen molar-refractivity contribution >= 4 is 7.26 Å². The zero-order valence-electron chi connectivity index (χ0n) is 7.76. The van der Waals surface area contributed by atoms with Gasteiger partial charge >= 0.3 is 76.1 Å². The quantitative estimate of drug-likeness (QED) is 0.418. The predicted molar refractivity (Wildman–Crippen MR) is 63.7 cm³/mol. The fourth-order valence-electron chi connectivity index (χ4n) is 1.36. The molecule has 0 aromatic carbocycles. The molecule has 0 aliphatic carbocycles. The number of rotatable bonds is 7. The second kappa shape index (κ2) is 5.97. The van der Waals surface area contributed by atoms with E-state index in [9.17, 15) is 0 Å². The van der Waals surface area contributed by atoms with Gasteiger partial charge in [-0.2, -0.15) is 0 Å². The van der Waals surface area contributed by atoms with Crippen LogP contribution < -0.4 is 0 Å². The van der Waals surface area contributed by atoms with E-state index in [0.717, 1.165) is 18.5 Å². The first-order chi connectivity index (χ1) is 5.74. The van der Waals surface area contributed by atoms with Gasteiger partial charge < -0.3 is 0 Å². The van der Waals surface area contributed by atoms with Crippen LogP contribution in [0.15, 0.2) is 50.4 Å². The van der Waals surface area contributed by atoms with Crippen LogP contribution >= 0.6 is 7.26 Å². The van der Waals surface area contributed by atoms with Crippen molar-refractivity contribution in [1.29, 1.82) is 0 Å². The minimum atomic E-state index is -1.36. The molecule has 0 unspecified atom stereocenters. The monoisotopic (exact) mass is 182 g/mol. The third kappa shape index (κ3) is 3.19. The molecule has 0 atom stereocenters. The molecule has 0 saturated heterocycles. The van der Waals surface area contributed by atoms with Crippen molar-refractivity contribution in [2.24, 2.45) is 0 Å². The van der Waals surface area contributed by atoms with Gasteiger partial charge in [-0.3, -0.25) is 0 Å². The first kappa shape index (κ1) is 11.4. The van der Waals surface area contributed by atoms with E-state index >= 15 is 0 Å². The minimum absolute atomic E-state index is 1.08. The molecule has 0 nitrogen and oxygen atoms in total. The Balaban J connectivity index is 4.45. The molecule has 0 saturated carbocycles. The Bertz CT molecular complexity index is 153. The van der Waals surface area contributed by atoms with Gasteiger partial charge in [-0.15, -0.1) is 0 Å². The summed E-state index contributed by atoms with van der Waals surface area (Å²) in [4.78, 5) is 0. The van der Waals surface area contributed by atoms with Gasteiger partial charge in [0.1, 0.15) is 0 Å². The Morgan fingerprint density at radius 1 is 0.750 bits per heavy atom. The fraction of sp³-hybridized carbons (Fsp3) is 0.273. The number of hydrogen-bond acceptors (Lipinski definition) is 0. The molecule has 68 valence electrons. The van der Waals surface area contributed by atoms with Crippen LogP contribution in [0.4, 0.5) is 0 Å². The van der Waals surface area contributed by atoms with Crippen LogP contribution in [0.5, 0.6) is 0 Å². The molecule has 0 radical (unpaired) electrons. The van der Waals surface area contributed by atoms with E-state index in [0.29, 0.717) is 0 Å². The summed E-state index contributed by atoms with van der Waals surface area (Å²) in [6.45, 7) is 15.2. The van der Waals surface area contributed by atoms with Crippen LogP contribution in [0.3, 0.4) is 0 Å².